The summed E-state index contributed by atoms with van der Waals surface area (Å²) in [6.07, 6.45) is 3.05. The fourth-order valence-corrected chi connectivity index (χ4v) is 1.39. The molecule has 1 aromatic rings. The molecule has 7 heteroatoms. The van der Waals surface area contributed by atoms with Crippen molar-refractivity contribution in [2.75, 3.05) is 45.8 Å². The summed E-state index contributed by atoms with van der Waals surface area (Å²) in [5.41, 5.74) is 3.40. The number of hydrogen-bond donors (Lipinski definition) is 3. The zero-order valence-corrected chi connectivity index (χ0v) is 11.3. The molecule has 0 aromatic carbocycles. The van der Waals surface area contributed by atoms with Crippen molar-refractivity contribution < 1.29 is 9.53 Å². The number of pyridine rings is 1. The summed E-state index contributed by atoms with van der Waals surface area (Å²) in [5, 5.41) is 2.76. The highest BCUT2D eigenvalue weighted by molar-refractivity contribution is 5.99. The van der Waals surface area contributed by atoms with Crippen molar-refractivity contribution in [3.8, 4) is 0 Å². The van der Waals surface area contributed by atoms with E-state index in [0.29, 0.717) is 31.0 Å². The van der Waals surface area contributed by atoms with Crippen LogP contribution in [0.15, 0.2) is 18.5 Å². The smallest absolute Gasteiger partial charge is 0.253 e. The molecule has 0 atom stereocenters. The highest BCUT2D eigenvalue weighted by Gasteiger charge is 2.09. The molecular weight excluding hydrogens is 246 g/mol. The molecule has 0 spiro atoms. The third-order valence-electron chi connectivity index (χ3n) is 2.44. The van der Waals surface area contributed by atoms with Gasteiger partial charge in [-0.05, 0) is 20.2 Å². The summed E-state index contributed by atoms with van der Waals surface area (Å²) in [5.74, 6) is 5.11. The van der Waals surface area contributed by atoms with Crippen LogP contribution in [-0.2, 0) is 4.74 Å². The van der Waals surface area contributed by atoms with Crippen molar-refractivity contribution in [3.63, 3.8) is 0 Å². The largest absolute Gasteiger partial charge is 0.378 e. The molecule has 0 aliphatic heterocycles. The molecule has 106 valence electrons. The topological polar surface area (TPSA) is 92.5 Å². The van der Waals surface area contributed by atoms with Crippen LogP contribution in [-0.4, -0.2) is 56.2 Å². The molecule has 7 nitrogen and oxygen atoms in total. The summed E-state index contributed by atoms with van der Waals surface area (Å²) in [6.45, 7) is 2.45. The molecule has 1 amide bonds. The van der Waals surface area contributed by atoms with Crippen molar-refractivity contribution >= 4 is 11.6 Å². The fraction of sp³-hybridized carbons (Fsp3) is 0.500. The van der Waals surface area contributed by atoms with Gasteiger partial charge < -0.3 is 20.4 Å². The third-order valence-corrected chi connectivity index (χ3v) is 2.44. The van der Waals surface area contributed by atoms with Crippen LogP contribution in [0.4, 0.5) is 5.69 Å². The molecule has 0 aliphatic carbocycles. The first-order valence-electron chi connectivity index (χ1n) is 6.06. The number of aromatic nitrogens is 1. The minimum atomic E-state index is -0.202. The Labute approximate surface area is 113 Å². The van der Waals surface area contributed by atoms with E-state index in [-0.39, 0.29) is 5.91 Å². The Morgan fingerprint density at radius 1 is 1.47 bits per heavy atom. The van der Waals surface area contributed by atoms with Crippen molar-refractivity contribution in [1.82, 2.24) is 15.2 Å². The number of rotatable bonds is 8. The molecule has 0 bridgehead atoms. The predicted octanol–water partition coefficient (Wildman–Crippen LogP) is -0.325. The molecule has 0 unspecified atom stereocenters. The molecule has 0 fully saturated rings. The van der Waals surface area contributed by atoms with Gasteiger partial charge in [0.05, 0.1) is 30.7 Å². The maximum absolute atomic E-state index is 11.9. The van der Waals surface area contributed by atoms with Crippen LogP contribution in [0.1, 0.15) is 10.4 Å². The first-order valence-corrected chi connectivity index (χ1v) is 6.06. The lowest BCUT2D eigenvalue weighted by Gasteiger charge is -2.11. The molecule has 1 heterocycles. The highest BCUT2D eigenvalue weighted by Crippen LogP contribution is 2.10. The van der Waals surface area contributed by atoms with Crippen molar-refractivity contribution in [2.45, 2.75) is 0 Å². The normalized spacial score (nSPS) is 10.5. The quantitative estimate of drug-likeness (QED) is 0.339. The van der Waals surface area contributed by atoms with Gasteiger partial charge in [0.15, 0.2) is 0 Å². The summed E-state index contributed by atoms with van der Waals surface area (Å²) < 4.78 is 5.38. The number of hydrogen-bond acceptors (Lipinski definition) is 6. The number of nitrogen functional groups attached to an aromatic ring is 1. The van der Waals surface area contributed by atoms with E-state index in [1.165, 1.54) is 6.20 Å². The summed E-state index contributed by atoms with van der Waals surface area (Å²) in [4.78, 5) is 17.8. The van der Waals surface area contributed by atoms with E-state index >= 15 is 0 Å². The summed E-state index contributed by atoms with van der Waals surface area (Å²) in [6, 6.07) is 1.61. The lowest BCUT2D eigenvalue weighted by atomic mass is 10.2. The van der Waals surface area contributed by atoms with Crippen LogP contribution < -0.4 is 16.6 Å². The second kappa shape index (κ2) is 8.41. The number of anilines is 1. The van der Waals surface area contributed by atoms with E-state index in [9.17, 15) is 4.79 Å². The Kier molecular flexibility index (Phi) is 6.80. The zero-order chi connectivity index (χ0) is 14.1. The molecule has 19 heavy (non-hydrogen) atoms. The Balaban J connectivity index is 2.28. The average molecular weight is 267 g/mol. The van der Waals surface area contributed by atoms with Gasteiger partial charge in [-0.2, -0.15) is 0 Å². The molecule has 1 aromatic heterocycles. The van der Waals surface area contributed by atoms with Gasteiger partial charge in [0.1, 0.15) is 0 Å². The van der Waals surface area contributed by atoms with E-state index in [4.69, 9.17) is 10.6 Å². The second-order valence-corrected chi connectivity index (χ2v) is 4.24. The SMILES string of the molecule is CN(C)CCOCCNC(=O)c1ccncc1NN. The minimum absolute atomic E-state index is 0.202. The summed E-state index contributed by atoms with van der Waals surface area (Å²) in [7, 11) is 3.96. The van der Waals surface area contributed by atoms with Crippen LogP contribution in [0.25, 0.3) is 0 Å². The van der Waals surface area contributed by atoms with Gasteiger partial charge in [-0.25, -0.2) is 0 Å². The summed E-state index contributed by atoms with van der Waals surface area (Å²) >= 11 is 0. The highest BCUT2D eigenvalue weighted by atomic mass is 16.5. The zero-order valence-electron chi connectivity index (χ0n) is 11.3. The number of carbonyl (C=O) groups is 1. The standard InChI is InChI=1S/C12H21N5O2/c1-17(2)6-8-19-7-5-15-12(18)10-3-4-14-9-11(10)16-13/h3-4,9,16H,5-8,13H2,1-2H3,(H,15,18). The van der Waals surface area contributed by atoms with E-state index < -0.39 is 0 Å². The number of nitrogens with two attached hydrogens (primary N) is 1. The first kappa shape index (κ1) is 15.4. The van der Waals surface area contributed by atoms with Crippen LogP contribution in [0.3, 0.4) is 0 Å². The minimum Gasteiger partial charge on any atom is -0.378 e. The van der Waals surface area contributed by atoms with E-state index in [1.54, 1.807) is 12.3 Å². The van der Waals surface area contributed by atoms with Crippen molar-refractivity contribution in [3.05, 3.63) is 24.0 Å². The number of hydrazine groups is 1. The Morgan fingerprint density at radius 2 is 2.26 bits per heavy atom. The monoisotopic (exact) mass is 267 g/mol. The molecule has 4 N–H and O–H groups in total. The van der Waals surface area contributed by atoms with Gasteiger partial charge in [0.2, 0.25) is 0 Å². The van der Waals surface area contributed by atoms with Crippen LogP contribution in [0.2, 0.25) is 0 Å². The molecule has 1 rings (SSSR count). The van der Waals surface area contributed by atoms with Crippen LogP contribution >= 0.6 is 0 Å². The van der Waals surface area contributed by atoms with Gasteiger partial charge >= 0.3 is 0 Å². The molecule has 0 aliphatic rings. The number of ether oxygens (including phenoxy) is 1. The third kappa shape index (κ3) is 5.64. The number of nitrogens with one attached hydrogen (secondary N) is 2. The molecule has 0 radical (unpaired) electrons. The van der Waals surface area contributed by atoms with Gasteiger partial charge in [-0.1, -0.05) is 0 Å². The Morgan fingerprint density at radius 3 is 2.95 bits per heavy atom. The maximum atomic E-state index is 11.9. The first-order chi connectivity index (χ1) is 9.15. The van der Waals surface area contributed by atoms with E-state index in [0.717, 1.165) is 6.54 Å². The maximum Gasteiger partial charge on any atom is 0.253 e. The number of likely N-dealkylation sites (N-methyl/N-ethyl adjacent to an activating group) is 1. The molecule has 0 saturated heterocycles. The number of amides is 1. The lowest BCUT2D eigenvalue weighted by Crippen LogP contribution is -2.29. The lowest BCUT2D eigenvalue weighted by molar-refractivity contribution is 0.0901. The van der Waals surface area contributed by atoms with Gasteiger partial charge in [0, 0.05) is 19.3 Å². The predicted molar refractivity (Wildman–Crippen MR) is 73.8 cm³/mol. The number of nitrogens with zero attached hydrogens (tertiary/aromatic N) is 2. The Bertz CT molecular complexity index is 397. The van der Waals surface area contributed by atoms with Crippen LogP contribution in [0, 0.1) is 0 Å². The average Bonchev–Trinajstić information content (AvgIpc) is 2.42. The fourth-order valence-electron chi connectivity index (χ4n) is 1.39. The van der Waals surface area contributed by atoms with Gasteiger partial charge in [-0.3, -0.25) is 15.6 Å². The Hall–Kier alpha value is -1.70. The van der Waals surface area contributed by atoms with E-state index in [2.05, 4.69) is 15.7 Å². The molecular formula is C12H21N5O2. The van der Waals surface area contributed by atoms with E-state index in [1.807, 2.05) is 19.0 Å². The van der Waals surface area contributed by atoms with Gasteiger partial charge in [-0.15, -0.1) is 0 Å². The van der Waals surface area contributed by atoms with Gasteiger partial charge in [0.25, 0.3) is 5.91 Å². The number of carbonyl (C=O) groups excluding carboxylic acids is 1. The van der Waals surface area contributed by atoms with Crippen molar-refractivity contribution in [1.29, 1.82) is 0 Å². The van der Waals surface area contributed by atoms with Crippen LogP contribution in [0.5, 0.6) is 0 Å². The second-order valence-electron chi connectivity index (χ2n) is 4.24. The van der Waals surface area contributed by atoms with Crippen molar-refractivity contribution in [2.24, 2.45) is 5.84 Å². The molecule has 0 saturated carbocycles.